The Morgan fingerprint density at radius 3 is 2.54 bits per heavy atom. The highest BCUT2D eigenvalue weighted by molar-refractivity contribution is 7.89. The summed E-state index contributed by atoms with van der Waals surface area (Å²) in [4.78, 5) is 12.3. The molecule has 1 N–H and O–H groups in total. The molecule has 1 aromatic heterocycles. The fourth-order valence-electron chi connectivity index (χ4n) is 2.91. The van der Waals surface area contributed by atoms with Gasteiger partial charge in [0.2, 0.25) is 15.9 Å². The number of amides is 1. The smallest absolute Gasteiger partial charge is 0.248 e. The number of hydrogen-bond donors (Lipinski definition) is 1. The summed E-state index contributed by atoms with van der Waals surface area (Å²) in [5.41, 5.74) is 0.281. The maximum atomic E-state index is 12.9. The maximum Gasteiger partial charge on any atom is 0.248 e. The van der Waals surface area contributed by atoms with E-state index < -0.39 is 15.9 Å². The minimum atomic E-state index is -3.63. The number of carbonyl (C=O) groups excluding carboxylic acids is 1. The van der Waals surface area contributed by atoms with Gasteiger partial charge in [0.05, 0.1) is 5.69 Å². The number of piperidine rings is 1. The van der Waals surface area contributed by atoms with E-state index in [1.807, 2.05) is 6.92 Å². The SMILES string of the molecule is Cc1ccc(/C=C/C(=O)Nc2ccccc2S(=O)(=O)N2CCCCC2)o1. The first-order chi connectivity index (χ1) is 12.5. The summed E-state index contributed by atoms with van der Waals surface area (Å²) >= 11 is 0. The molecule has 0 bridgehead atoms. The molecule has 6 nitrogen and oxygen atoms in total. The minimum absolute atomic E-state index is 0.123. The van der Waals surface area contributed by atoms with E-state index in [1.54, 1.807) is 36.4 Å². The quantitative estimate of drug-likeness (QED) is 0.814. The molecule has 0 saturated carbocycles. The van der Waals surface area contributed by atoms with Gasteiger partial charge in [-0.2, -0.15) is 4.31 Å². The molecule has 1 aromatic carbocycles. The number of benzene rings is 1. The summed E-state index contributed by atoms with van der Waals surface area (Å²) in [5.74, 6) is 0.898. The van der Waals surface area contributed by atoms with Crippen LogP contribution in [0, 0.1) is 6.92 Å². The predicted octanol–water partition coefficient (Wildman–Crippen LogP) is 3.41. The molecule has 26 heavy (non-hydrogen) atoms. The Morgan fingerprint density at radius 1 is 1.12 bits per heavy atom. The molecule has 1 fully saturated rings. The molecule has 1 saturated heterocycles. The van der Waals surface area contributed by atoms with Crippen LogP contribution in [0.2, 0.25) is 0 Å². The molecule has 138 valence electrons. The van der Waals surface area contributed by atoms with Crippen LogP contribution >= 0.6 is 0 Å². The van der Waals surface area contributed by atoms with Crippen LogP contribution in [0.1, 0.15) is 30.8 Å². The van der Waals surface area contributed by atoms with E-state index in [-0.39, 0.29) is 10.6 Å². The summed E-state index contributed by atoms with van der Waals surface area (Å²) in [7, 11) is -3.63. The summed E-state index contributed by atoms with van der Waals surface area (Å²) in [6.07, 6.45) is 5.63. The van der Waals surface area contributed by atoms with Crippen molar-refractivity contribution in [1.29, 1.82) is 0 Å². The number of furan rings is 1. The second kappa shape index (κ2) is 7.88. The van der Waals surface area contributed by atoms with Crippen LogP contribution in [0.15, 0.2) is 51.8 Å². The molecule has 1 amide bonds. The van der Waals surface area contributed by atoms with E-state index in [0.717, 1.165) is 25.0 Å². The first-order valence-corrected chi connectivity index (χ1v) is 10.1. The lowest BCUT2D eigenvalue weighted by Gasteiger charge is -2.26. The fourth-order valence-corrected chi connectivity index (χ4v) is 4.58. The first-order valence-electron chi connectivity index (χ1n) is 8.61. The zero-order valence-corrected chi connectivity index (χ0v) is 15.5. The summed E-state index contributed by atoms with van der Waals surface area (Å²) in [6, 6.07) is 10.0. The second-order valence-electron chi connectivity index (χ2n) is 6.23. The molecule has 1 aliphatic heterocycles. The van der Waals surface area contributed by atoms with Crippen LogP contribution in [0.3, 0.4) is 0 Å². The van der Waals surface area contributed by atoms with Gasteiger partial charge in [0, 0.05) is 19.2 Å². The number of carbonyl (C=O) groups is 1. The van der Waals surface area contributed by atoms with Crippen molar-refractivity contribution in [3.8, 4) is 0 Å². The van der Waals surface area contributed by atoms with E-state index >= 15 is 0 Å². The number of para-hydroxylation sites is 1. The van der Waals surface area contributed by atoms with Crippen molar-refractivity contribution in [2.75, 3.05) is 18.4 Å². The summed E-state index contributed by atoms with van der Waals surface area (Å²) in [6.45, 7) is 2.85. The average molecular weight is 374 g/mol. The molecule has 2 aromatic rings. The van der Waals surface area contributed by atoms with Gasteiger partial charge in [-0.05, 0) is 50.1 Å². The Balaban J connectivity index is 1.78. The Morgan fingerprint density at radius 2 is 1.85 bits per heavy atom. The summed E-state index contributed by atoms with van der Waals surface area (Å²) < 4.78 is 32.7. The Labute approximate surface area is 153 Å². The topological polar surface area (TPSA) is 79.6 Å². The monoisotopic (exact) mass is 374 g/mol. The number of nitrogens with one attached hydrogen (secondary N) is 1. The number of aryl methyl sites for hydroxylation is 1. The highest BCUT2D eigenvalue weighted by atomic mass is 32.2. The van der Waals surface area contributed by atoms with Crippen LogP contribution in [0.5, 0.6) is 0 Å². The van der Waals surface area contributed by atoms with Gasteiger partial charge in [-0.3, -0.25) is 4.79 Å². The zero-order valence-electron chi connectivity index (χ0n) is 14.6. The Kier molecular flexibility index (Phi) is 5.58. The Hall–Kier alpha value is -2.38. The van der Waals surface area contributed by atoms with Crippen molar-refractivity contribution in [3.63, 3.8) is 0 Å². The molecule has 7 heteroatoms. The number of nitrogens with zero attached hydrogens (tertiary/aromatic N) is 1. The third-order valence-electron chi connectivity index (χ3n) is 4.24. The molecule has 2 heterocycles. The second-order valence-corrected chi connectivity index (χ2v) is 8.14. The van der Waals surface area contributed by atoms with Gasteiger partial charge < -0.3 is 9.73 Å². The molecular weight excluding hydrogens is 352 g/mol. The lowest BCUT2D eigenvalue weighted by Crippen LogP contribution is -2.36. The highest BCUT2D eigenvalue weighted by Gasteiger charge is 2.28. The molecule has 0 aliphatic carbocycles. The number of sulfonamides is 1. The van der Waals surface area contributed by atoms with Crippen molar-refractivity contribution >= 4 is 27.7 Å². The van der Waals surface area contributed by atoms with E-state index in [9.17, 15) is 13.2 Å². The highest BCUT2D eigenvalue weighted by Crippen LogP contribution is 2.26. The maximum absolute atomic E-state index is 12.9. The molecule has 0 unspecified atom stereocenters. The van der Waals surface area contributed by atoms with Gasteiger partial charge >= 0.3 is 0 Å². The van der Waals surface area contributed by atoms with Crippen LogP contribution in [0.25, 0.3) is 6.08 Å². The van der Waals surface area contributed by atoms with Crippen molar-refractivity contribution in [1.82, 2.24) is 4.31 Å². The van der Waals surface area contributed by atoms with Crippen LogP contribution in [-0.4, -0.2) is 31.7 Å². The largest absolute Gasteiger partial charge is 0.462 e. The predicted molar refractivity (Wildman–Crippen MR) is 100 cm³/mol. The average Bonchev–Trinajstić information content (AvgIpc) is 3.06. The molecule has 3 rings (SSSR count). The third kappa shape index (κ3) is 4.23. The number of hydrogen-bond acceptors (Lipinski definition) is 4. The first kappa shape index (κ1) is 18.4. The molecule has 0 radical (unpaired) electrons. The molecular formula is C19H22N2O4S. The molecule has 1 aliphatic rings. The van der Waals surface area contributed by atoms with Crippen LogP contribution in [-0.2, 0) is 14.8 Å². The lowest BCUT2D eigenvalue weighted by molar-refractivity contribution is -0.111. The minimum Gasteiger partial charge on any atom is -0.462 e. The zero-order chi connectivity index (χ0) is 18.6. The van der Waals surface area contributed by atoms with Gasteiger partial charge in [0.15, 0.2) is 0 Å². The third-order valence-corrected chi connectivity index (χ3v) is 6.19. The van der Waals surface area contributed by atoms with E-state index in [1.165, 1.54) is 16.4 Å². The number of rotatable bonds is 5. The van der Waals surface area contributed by atoms with Gasteiger partial charge in [-0.15, -0.1) is 0 Å². The van der Waals surface area contributed by atoms with Crippen molar-refractivity contribution in [2.24, 2.45) is 0 Å². The van der Waals surface area contributed by atoms with Gasteiger partial charge in [-0.1, -0.05) is 18.6 Å². The Bertz CT molecular complexity index is 909. The van der Waals surface area contributed by atoms with Crippen molar-refractivity contribution in [3.05, 3.63) is 54.0 Å². The van der Waals surface area contributed by atoms with Crippen LogP contribution in [0.4, 0.5) is 5.69 Å². The summed E-state index contributed by atoms with van der Waals surface area (Å²) in [5, 5.41) is 2.66. The normalized spacial score (nSPS) is 16.0. The van der Waals surface area contributed by atoms with E-state index in [4.69, 9.17) is 4.42 Å². The van der Waals surface area contributed by atoms with Gasteiger partial charge in [-0.25, -0.2) is 8.42 Å². The van der Waals surface area contributed by atoms with Gasteiger partial charge in [0.1, 0.15) is 16.4 Å². The van der Waals surface area contributed by atoms with Crippen molar-refractivity contribution in [2.45, 2.75) is 31.1 Å². The molecule has 0 atom stereocenters. The number of anilines is 1. The van der Waals surface area contributed by atoms with E-state index in [2.05, 4.69) is 5.32 Å². The van der Waals surface area contributed by atoms with Gasteiger partial charge in [0.25, 0.3) is 0 Å². The fraction of sp³-hybridized carbons (Fsp3) is 0.316. The van der Waals surface area contributed by atoms with Crippen molar-refractivity contribution < 1.29 is 17.6 Å². The standard InChI is InChI=1S/C19H22N2O4S/c1-15-9-10-16(25-15)11-12-19(22)20-17-7-3-4-8-18(17)26(23,24)21-13-5-2-6-14-21/h3-4,7-12H,2,5-6,13-14H2,1H3,(H,20,22)/b12-11+. The van der Waals surface area contributed by atoms with E-state index in [0.29, 0.717) is 18.8 Å². The van der Waals surface area contributed by atoms with Crippen LogP contribution < -0.4 is 5.32 Å². The lowest BCUT2D eigenvalue weighted by atomic mass is 10.2. The molecule has 0 spiro atoms.